The van der Waals surface area contributed by atoms with Gasteiger partial charge < -0.3 is 9.84 Å². The molecule has 2 aliphatic rings. The van der Waals surface area contributed by atoms with Crippen LogP contribution in [0.5, 0.6) is 0 Å². The van der Waals surface area contributed by atoms with Gasteiger partial charge >= 0.3 is 5.97 Å². The van der Waals surface area contributed by atoms with Crippen molar-refractivity contribution in [2.45, 2.75) is 65.0 Å². The summed E-state index contributed by atoms with van der Waals surface area (Å²) in [7, 11) is 0. The molecule has 39 heavy (non-hydrogen) atoms. The van der Waals surface area contributed by atoms with E-state index in [1.54, 1.807) is 38.1 Å². The molecule has 6 heteroatoms. The van der Waals surface area contributed by atoms with Crippen LogP contribution in [0.1, 0.15) is 66.1 Å². The third-order valence-corrected chi connectivity index (χ3v) is 7.35. The first-order chi connectivity index (χ1) is 18.7. The molecule has 1 fully saturated rings. The number of anilines is 1. The summed E-state index contributed by atoms with van der Waals surface area (Å²) in [5.74, 6) is -1.92. The van der Waals surface area contributed by atoms with E-state index in [2.05, 4.69) is 0 Å². The molecule has 1 aliphatic heterocycles. The molecule has 5 rings (SSSR count). The lowest BCUT2D eigenvalue weighted by Gasteiger charge is -2.26. The smallest absolute Gasteiger partial charge is 0.310 e. The Kier molecular flexibility index (Phi) is 7.38. The number of carbonyl (C=O) groups excluding carboxylic acids is 3. The van der Waals surface area contributed by atoms with Crippen LogP contribution in [0.25, 0.3) is 5.76 Å². The Bertz CT molecular complexity index is 1470. The zero-order valence-corrected chi connectivity index (χ0v) is 22.6. The molecular formula is C33H33NO5. The van der Waals surface area contributed by atoms with Gasteiger partial charge in [0.2, 0.25) is 0 Å². The van der Waals surface area contributed by atoms with Gasteiger partial charge in [0.25, 0.3) is 11.7 Å². The van der Waals surface area contributed by atoms with Gasteiger partial charge in [-0.2, -0.15) is 0 Å². The number of amides is 1. The monoisotopic (exact) mass is 523 g/mol. The highest BCUT2D eigenvalue weighted by molar-refractivity contribution is 6.51. The number of hydrogen-bond acceptors (Lipinski definition) is 5. The molecule has 3 aromatic carbocycles. The van der Waals surface area contributed by atoms with Gasteiger partial charge in [-0.25, -0.2) is 0 Å². The molecule has 1 amide bonds. The molecule has 200 valence electrons. The number of hydrogen-bond donors (Lipinski definition) is 1. The van der Waals surface area contributed by atoms with Crippen LogP contribution < -0.4 is 4.90 Å². The molecule has 1 N–H and O–H groups in total. The topological polar surface area (TPSA) is 83.9 Å². The Balaban J connectivity index is 1.57. The predicted molar refractivity (Wildman–Crippen MR) is 150 cm³/mol. The molecule has 0 radical (unpaired) electrons. The van der Waals surface area contributed by atoms with Crippen LogP contribution in [-0.4, -0.2) is 28.9 Å². The van der Waals surface area contributed by atoms with Crippen LogP contribution in [0.15, 0.2) is 72.3 Å². The first-order valence-electron chi connectivity index (χ1n) is 13.5. The number of aryl methyl sites for hydroxylation is 3. The molecule has 1 saturated heterocycles. The fraction of sp³-hybridized carbons (Fsp3) is 0.303. The maximum atomic E-state index is 13.5. The first kappa shape index (κ1) is 26.4. The van der Waals surface area contributed by atoms with E-state index < -0.39 is 17.7 Å². The van der Waals surface area contributed by atoms with E-state index in [1.165, 1.54) is 16.0 Å². The minimum Gasteiger partial charge on any atom is -0.507 e. The Morgan fingerprint density at radius 1 is 0.974 bits per heavy atom. The first-order valence-corrected chi connectivity index (χ1v) is 13.5. The summed E-state index contributed by atoms with van der Waals surface area (Å²) < 4.78 is 5.24. The maximum Gasteiger partial charge on any atom is 0.310 e. The number of benzene rings is 3. The zero-order valence-electron chi connectivity index (χ0n) is 22.6. The number of carbonyl (C=O) groups is 3. The summed E-state index contributed by atoms with van der Waals surface area (Å²) in [6.07, 6.45) is 4.09. The van der Waals surface area contributed by atoms with Crippen LogP contribution in [0, 0.1) is 6.92 Å². The lowest BCUT2D eigenvalue weighted by atomic mass is 9.88. The third kappa shape index (κ3) is 5.37. The zero-order chi connectivity index (χ0) is 27.7. The standard InChI is InChI=1S/C33H33NO5/c1-20(2)39-28(35)18-22-11-15-27(16-12-22)34-30(25-10-6-7-21(3)17-25)29(32(37)33(34)38)31(36)26-14-13-23-8-4-5-9-24(23)19-26/h6-7,10-17,19-20,30,36H,4-5,8-9,18H2,1-3H3/b31-29-. The second-order valence-corrected chi connectivity index (χ2v) is 10.7. The molecule has 1 heterocycles. The predicted octanol–water partition coefficient (Wildman–Crippen LogP) is 5.99. The number of nitrogens with zero attached hydrogens (tertiary/aromatic N) is 1. The number of rotatable bonds is 6. The summed E-state index contributed by atoms with van der Waals surface area (Å²) in [4.78, 5) is 40.5. The Morgan fingerprint density at radius 2 is 1.69 bits per heavy atom. The summed E-state index contributed by atoms with van der Waals surface area (Å²) in [5, 5.41) is 11.5. The summed E-state index contributed by atoms with van der Waals surface area (Å²) in [6.45, 7) is 5.55. The van der Waals surface area contributed by atoms with Crippen molar-refractivity contribution in [1.82, 2.24) is 0 Å². The van der Waals surface area contributed by atoms with Crippen molar-refractivity contribution in [2.24, 2.45) is 0 Å². The van der Waals surface area contributed by atoms with Crippen molar-refractivity contribution in [2.75, 3.05) is 4.90 Å². The number of Topliss-reactive ketones (excluding diaryl/α,β-unsaturated/α-hetero) is 1. The quantitative estimate of drug-likeness (QED) is 0.186. The Hall–Kier alpha value is -4.19. The number of ether oxygens (including phenoxy) is 1. The third-order valence-electron chi connectivity index (χ3n) is 7.35. The van der Waals surface area contributed by atoms with Gasteiger partial charge in [0, 0.05) is 11.3 Å². The van der Waals surface area contributed by atoms with Crippen LogP contribution in [-0.2, 0) is 38.4 Å². The van der Waals surface area contributed by atoms with Gasteiger partial charge in [-0.05, 0) is 86.9 Å². The van der Waals surface area contributed by atoms with E-state index in [0.717, 1.165) is 42.4 Å². The van der Waals surface area contributed by atoms with Crippen LogP contribution in [0.2, 0.25) is 0 Å². The molecule has 1 unspecified atom stereocenters. The Labute approximate surface area is 228 Å². The van der Waals surface area contributed by atoms with E-state index in [0.29, 0.717) is 11.3 Å². The second-order valence-electron chi connectivity index (χ2n) is 10.7. The molecule has 0 saturated carbocycles. The van der Waals surface area contributed by atoms with Crippen molar-refractivity contribution in [3.63, 3.8) is 0 Å². The minimum atomic E-state index is -0.794. The Morgan fingerprint density at radius 3 is 2.38 bits per heavy atom. The van der Waals surface area contributed by atoms with E-state index in [1.807, 2.05) is 49.4 Å². The largest absolute Gasteiger partial charge is 0.507 e. The molecule has 0 aromatic heterocycles. The number of ketones is 1. The van der Waals surface area contributed by atoms with Gasteiger partial charge in [-0.3, -0.25) is 19.3 Å². The highest BCUT2D eigenvalue weighted by atomic mass is 16.5. The highest BCUT2D eigenvalue weighted by Crippen LogP contribution is 2.42. The second kappa shape index (κ2) is 10.9. The van der Waals surface area contributed by atoms with Crippen molar-refractivity contribution in [3.8, 4) is 0 Å². The lowest BCUT2D eigenvalue weighted by molar-refractivity contribution is -0.146. The van der Waals surface area contributed by atoms with Crippen LogP contribution in [0.4, 0.5) is 5.69 Å². The van der Waals surface area contributed by atoms with Gasteiger partial charge in [0.15, 0.2) is 0 Å². The van der Waals surface area contributed by atoms with Gasteiger partial charge in [-0.15, -0.1) is 0 Å². The fourth-order valence-corrected chi connectivity index (χ4v) is 5.54. The van der Waals surface area contributed by atoms with Crippen molar-refractivity contribution >= 4 is 29.1 Å². The lowest BCUT2D eigenvalue weighted by Crippen LogP contribution is -2.29. The highest BCUT2D eigenvalue weighted by Gasteiger charge is 2.47. The molecule has 0 spiro atoms. The normalized spacial score (nSPS) is 18.4. The van der Waals surface area contributed by atoms with E-state index in [9.17, 15) is 19.5 Å². The number of esters is 1. The van der Waals surface area contributed by atoms with Crippen molar-refractivity contribution < 1.29 is 24.2 Å². The van der Waals surface area contributed by atoms with E-state index in [4.69, 9.17) is 4.74 Å². The number of aliphatic hydroxyl groups is 1. The van der Waals surface area contributed by atoms with Crippen LogP contribution in [0.3, 0.4) is 0 Å². The average Bonchev–Trinajstić information content (AvgIpc) is 3.18. The summed E-state index contributed by atoms with van der Waals surface area (Å²) in [5.41, 5.74) is 6.03. The fourth-order valence-electron chi connectivity index (χ4n) is 5.54. The molecule has 3 aromatic rings. The van der Waals surface area contributed by atoms with Gasteiger partial charge in [-0.1, -0.05) is 54.1 Å². The van der Waals surface area contributed by atoms with Crippen LogP contribution >= 0.6 is 0 Å². The molecular weight excluding hydrogens is 490 g/mol. The summed E-state index contributed by atoms with van der Waals surface area (Å²) >= 11 is 0. The molecule has 6 nitrogen and oxygen atoms in total. The van der Waals surface area contributed by atoms with Crippen molar-refractivity contribution in [1.29, 1.82) is 0 Å². The van der Waals surface area contributed by atoms with Crippen molar-refractivity contribution in [3.05, 3.63) is 106 Å². The van der Waals surface area contributed by atoms with Gasteiger partial charge in [0.1, 0.15) is 5.76 Å². The van der Waals surface area contributed by atoms with E-state index in [-0.39, 0.29) is 29.8 Å². The number of fused-ring (bicyclic) bond motifs is 1. The molecule has 1 atom stereocenters. The minimum absolute atomic E-state index is 0.0750. The maximum absolute atomic E-state index is 13.5. The molecule has 0 bridgehead atoms. The molecule has 1 aliphatic carbocycles. The van der Waals surface area contributed by atoms with Gasteiger partial charge in [0.05, 0.1) is 24.1 Å². The van der Waals surface area contributed by atoms with E-state index >= 15 is 0 Å². The number of aliphatic hydroxyl groups excluding tert-OH is 1. The summed E-state index contributed by atoms with van der Waals surface area (Å²) in [6, 6.07) is 19.6. The average molecular weight is 524 g/mol. The SMILES string of the molecule is Cc1cccc(C2/C(=C(/O)c3ccc4c(c3)CCCC4)C(=O)C(=O)N2c2ccc(CC(=O)OC(C)C)cc2)c1.